The molecule has 31 heavy (non-hydrogen) atoms. The van der Waals surface area contributed by atoms with Gasteiger partial charge in [-0.05, 0) is 42.3 Å². The largest absolute Gasteiger partial charge is 0.379 e. The summed E-state index contributed by atoms with van der Waals surface area (Å²) in [5.41, 5.74) is 1.79. The van der Waals surface area contributed by atoms with Gasteiger partial charge in [0.2, 0.25) is 10.0 Å². The van der Waals surface area contributed by atoms with Crippen molar-refractivity contribution in [2.75, 3.05) is 32.6 Å². The van der Waals surface area contributed by atoms with E-state index in [1.165, 1.54) is 16.4 Å². The van der Waals surface area contributed by atoms with E-state index in [0.29, 0.717) is 37.4 Å². The first-order valence-corrected chi connectivity index (χ1v) is 13.3. The van der Waals surface area contributed by atoms with Gasteiger partial charge in [-0.2, -0.15) is 4.31 Å². The molecule has 1 heterocycles. The van der Waals surface area contributed by atoms with E-state index < -0.39 is 19.9 Å². The molecule has 0 saturated carbocycles. The molecule has 8 nitrogen and oxygen atoms in total. The Bertz CT molecular complexity index is 1120. The minimum Gasteiger partial charge on any atom is -0.379 e. The van der Waals surface area contributed by atoms with E-state index in [0.717, 1.165) is 11.8 Å². The first-order chi connectivity index (χ1) is 14.6. The normalized spacial score (nSPS) is 16.6. The van der Waals surface area contributed by atoms with Gasteiger partial charge in [0, 0.05) is 24.9 Å². The topological polar surface area (TPSA) is 110 Å². The zero-order chi connectivity index (χ0) is 22.6. The summed E-state index contributed by atoms with van der Waals surface area (Å²) in [6, 6.07) is 12.5. The highest BCUT2D eigenvalue weighted by atomic mass is 32.2. The molecule has 0 aromatic heterocycles. The van der Waals surface area contributed by atoms with Gasteiger partial charge in [-0.3, -0.25) is 4.79 Å². The van der Waals surface area contributed by atoms with Crippen molar-refractivity contribution in [3.05, 3.63) is 65.2 Å². The average molecular weight is 467 g/mol. The second-order valence-corrected chi connectivity index (χ2v) is 11.5. The van der Waals surface area contributed by atoms with Crippen molar-refractivity contribution in [1.29, 1.82) is 0 Å². The molecule has 0 aliphatic carbocycles. The molecular weight excluding hydrogens is 440 g/mol. The summed E-state index contributed by atoms with van der Waals surface area (Å²) in [5, 5.41) is 2.86. The molecule has 1 amide bonds. The number of hydrogen-bond donors (Lipinski definition) is 1. The van der Waals surface area contributed by atoms with Crippen LogP contribution in [-0.4, -0.2) is 59.6 Å². The number of hydrogen-bond acceptors (Lipinski definition) is 6. The number of sulfone groups is 1. The SMILES string of the molecule is CC(NC(=O)c1ccc(CS(=O)(=O)N2CCOCC2)cc1)c1ccc(S(C)(=O)=O)cc1. The van der Waals surface area contributed by atoms with E-state index >= 15 is 0 Å². The maximum absolute atomic E-state index is 12.6. The fourth-order valence-electron chi connectivity index (χ4n) is 3.25. The quantitative estimate of drug-likeness (QED) is 0.666. The average Bonchev–Trinajstić information content (AvgIpc) is 2.74. The summed E-state index contributed by atoms with van der Waals surface area (Å²) in [7, 11) is -6.70. The maximum Gasteiger partial charge on any atom is 0.251 e. The monoisotopic (exact) mass is 466 g/mol. The van der Waals surface area contributed by atoms with Gasteiger partial charge >= 0.3 is 0 Å². The van der Waals surface area contributed by atoms with Crippen LogP contribution >= 0.6 is 0 Å². The Balaban J connectivity index is 1.62. The van der Waals surface area contributed by atoms with Crippen LogP contribution in [0.5, 0.6) is 0 Å². The van der Waals surface area contributed by atoms with Crippen molar-refractivity contribution < 1.29 is 26.4 Å². The van der Waals surface area contributed by atoms with Crippen LogP contribution in [0.4, 0.5) is 0 Å². The Hall–Kier alpha value is -2.27. The summed E-state index contributed by atoms with van der Waals surface area (Å²) in [6.45, 7) is 3.30. The van der Waals surface area contributed by atoms with E-state index in [4.69, 9.17) is 4.74 Å². The number of rotatable bonds is 7. The summed E-state index contributed by atoms with van der Waals surface area (Å²) in [5.74, 6) is -0.430. The lowest BCUT2D eigenvalue weighted by molar-refractivity contribution is 0.0729. The number of ether oxygens (including phenoxy) is 1. The highest BCUT2D eigenvalue weighted by Gasteiger charge is 2.24. The molecule has 0 bridgehead atoms. The van der Waals surface area contributed by atoms with Crippen LogP contribution in [0.2, 0.25) is 0 Å². The minimum atomic E-state index is -3.43. The van der Waals surface area contributed by atoms with Gasteiger partial charge in [0.05, 0.1) is 29.9 Å². The highest BCUT2D eigenvalue weighted by molar-refractivity contribution is 7.90. The number of sulfonamides is 1. The Morgan fingerprint density at radius 3 is 2.13 bits per heavy atom. The second kappa shape index (κ2) is 9.47. The van der Waals surface area contributed by atoms with Crippen LogP contribution < -0.4 is 5.32 Å². The summed E-state index contributed by atoms with van der Waals surface area (Å²) < 4.78 is 54.8. The van der Waals surface area contributed by atoms with Crippen LogP contribution in [0, 0.1) is 0 Å². The van der Waals surface area contributed by atoms with Crippen molar-refractivity contribution >= 4 is 25.8 Å². The van der Waals surface area contributed by atoms with E-state index in [9.17, 15) is 21.6 Å². The maximum atomic E-state index is 12.6. The minimum absolute atomic E-state index is 0.127. The third-order valence-corrected chi connectivity index (χ3v) is 8.06. The van der Waals surface area contributed by atoms with Crippen molar-refractivity contribution in [2.24, 2.45) is 0 Å². The Kier molecular flexibility index (Phi) is 7.15. The fourth-order valence-corrected chi connectivity index (χ4v) is 5.38. The van der Waals surface area contributed by atoms with Crippen molar-refractivity contribution in [3.8, 4) is 0 Å². The van der Waals surface area contributed by atoms with Crippen molar-refractivity contribution in [2.45, 2.75) is 23.6 Å². The Morgan fingerprint density at radius 1 is 1.00 bits per heavy atom. The van der Waals surface area contributed by atoms with Crippen LogP contribution in [-0.2, 0) is 30.4 Å². The zero-order valence-electron chi connectivity index (χ0n) is 17.4. The van der Waals surface area contributed by atoms with Gasteiger partial charge in [0.1, 0.15) is 0 Å². The number of benzene rings is 2. The molecule has 0 radical (unpaired) electrons. The lowest BCUT2D eigenvalue weighted by Gasteiger charge is -2.26. The predicted molar refractivity (Wildman–Crippen MR) is 117 cm³/mol. The summed E-state index contributed by atoms with van der Waals surface area (Å²) >= 11 is 0. The van der Waals surface area contributed by atoms with E-state index in [1.54, 1.807) is 43.3 Å². The predicted octanol–water partition coefficient (Wildman–Crippen LogP) is 1.74. The molecule has 1 aliphatic rings. The molecule has 1 aliphatic heterocycles. The molecule has 168 valence electrons. The van der Waals surface area contributed by atoms with Crippen LogP contribution in [0.25, 0.3) is 0 Å². The van der Waals surface area contributed by atoms with Crippen molar-refractivity contribution in [3.63, 3.8) is 0 Å². The standard InChI is InChI=1S/C21H26N2O6S2/c1-16(18-7-9-20(10-8-18)30(2,25)26)22-21(24)19-5-3-17(4-6-19)15-31(27,28)23-11-13-29-14-12-23/h3-10,16H,11-15H2,1-2H3,(H,22,24). The number of nitrogens with one attached hydrogen (secondary N) is 1. The lowest BCUT2D eigenvalue weighted by atomic mass is 10.1. The van der Waals surface area contributed by atoms with Gasteiger partial charge in [-0.1, -0.05) is 24.3 Å². The molecule has 1 N–H and O–H groups in total. The van der Waals surface area contributed by atoms with Gasteiger partial charge in [0.25, 0.3) is 5.91 Å². The van der Waals surface area contributed by atoms with Gasteiger partial charge in [-0.15, -0.1) is 0 Å². The summed E-state index contributed by atoms with van der Waals surface area (Å²) in [4.78, 5) is 12.8. The molecule has 0 spiro atoms. The lowest BCUT2D eigenvalue weighted by Crippen LogP contribution is -2.41. The Morgan fingerprint density at radius 2 is 1.58 bits per heavy atom. The van der Waals surface area contributed by atoms with Gasteiger partial charge in [-0.25, -0.2) is 16.8 Å². The number of amides is 1. The summed E-state index contributed by atoms with van der Waals surface area (Å²) in [6.07, 6.45) is 1.14. The van der Waals surface area contributed by atoms with Gasteiger partial charge in [0.15, 0.2) is 9.84 Å². The molecule has 1 saturated heterocycles. The number of carbonyl (C=O) groups excluding carboxylic acids is 1. The van der Waals surface area contributed by atoms with Crippen LogP contribution in [0.15, 0.2) is 53.4 Å². The zero-order valence-corrected chi connectivity index (χ0v) is 19.1. The van der Waals surface area contributed by atoms with Crippen LogP contribution in [0.1, 0.15) is 34.5 Å². The second-order valence-electron chi connectivity index (χ2n) is 7.50. The van der Waals surface area contributed by atoms with Crippen LogP contribution in [0.3, 0.4) is 0 Å². The molecule has 1 fully saturated rings. The molecule has 1 unspecified atom stereocenters. The third kappa shape index (κ3) is 6.13. The first-order valence-electron chi connectivity index (χ1n) is 9.82. The smallest absolute Gasteiger partial charge is 0.251 e. The molecule has 2 aromatic carbocycles. The third-order valence-electron chi connectivity index (χ3n) is 5.08. The van der Waals surface area contributed by atoms with E-state index in [2.05, 4.69) is 5.32 Å². The fraction of sp³-hybridized carbons (Fsp3) is 0.381. The van der Waals surface area contributed by atoms with Crippen molar-refractivity contribution in [1.82, 2.24) is 9.62 Å². The molecular formula is C21H26N2O6S2. The van der Waals surface area contributed by atoms with Gasteiger partial charge < -0.3 is 10.1 Å². The molecule has 2 aromatic rings. The number of carbonyl (C=O) groups is 1. The van der Waals surface area contributed by atoms with E-state index in [1.807, 2.05) is 0 Å². The first kappa shape index (κ1) is 23.4. The van der Waals surface area contributed by atoms with E-state index in [-0.39, 0.29) is 22.6 Å². The molecule has 3 rings (SSSR count). The Labute approximate surface area is 183 Å². The molecule has 1 atom stereocenters. The number of morpholine rings is 1. The molecule has 10 heteroatoms. The number of nitrogens with zero attached hydrogens (tertiary/aromatic N) is 1. The highest BCUT2D eigenvalue weighted by Crippen LogP contribution is 2.18.